The standard InChI is InChI=1S/C17H18F3N3O/c18-17(19,20)15-5-3-13(4-6-15)10-22-9-7-16(24)23-12-14-2-1-8-21-11-14/h1-6,8,11,22H,7,9-10,12H2,(H,23,24). The van der Waals surface area contributed by atoms with Gasteiger partial charge in [-0.1, -0.05) is 18.2 Å². The Morgan fingerprint density at radius 2 is 1.79 bits per heavy atom. The lowest BCUT2D eigenvalue weighted by Gasteiger charge is -2.09. The molecule has 0 fully saturated rings. The predicted octanol–water partition coefficient (Wildman–Crippen LogP) is 2.90. The van der Waals surface area contributed by atoms with E-state index in [0.717, 1.165) is 23.3 Å². The van der Waals surface area contributed by atoms with E-state index in [1.165, 1.54) is 12.1 Å². The van der Waals surface area contributed by atoms with Crippen LogP contribution in [0.5, 0.6) is 0 Å². The second kappa shape index (κ2) is 8.44. The van der Waals surface area contributed by atoms with Gasteiger partial charge in [0.1, 0.15) is 0 Å². The van der Waals surface area contributed by atoms with E-state index >= 15 is 0 Å². The van der Waals surface area contributed by atoms with Crippen molar-refractivity contribution in [1.29, 1.82) is 0 Å². The number of carbonyl (C=O) groups excluding carboxylic acids is 1. The third kappa shape index (κ3) is 6.00. The summed E-state index contributed by atoms with van der Waals surface area (Å²) in [7, 11) is 0. The van der Waals surface area contributed by atoms with Crippen LogP contribution in [0.4, 0.5) is 13.2 Å². The Labute approximate surface area is 138 Å². The first-order valence-corrected chi connectivity index (χ1v) is 7.47. The summed E-state index contributed by atoms with van der Waals surface area (Å²) in [5, 5.41) is 5.81. The Balaban J connectivity index is 1.64. The van der Waals surface area contributed by atoms with Crippen molar-refractivity contribution < 1.29 is 18.0 Å². The number of halogens is 3. The summed E-state index contributed by atoms with van der Waals surface area (Å²) in [6.07, 6.45) is -0.682. The van der Waals surface area contributed by atoms with Gasteiger partial charge in [-0.15, -0.1) is 0 Å². The number of carbonyl (C=O) groups is 1. The Morgan fingerprint density at radius 1 is 1.04 bits per heavy atom. The predicted molar refractivity (Wildman–Crippen MR) is 83.9 cm³/mol. The topological polar surface area (TPSA) is 54.0 Å². The van der Waals surface area contributed by atoms with Gasteiger partial charge in [0, 0.05) is 38.4 Å². The third-order valence-corrected chi connectivity index (χ3v) is 3.35. The highest BCUT2D eigenvalue weighted by molar-refractivity contribution is 5.76. The van der Waals surface area contributed by atoms with Gasteiger partial charge in [0.15, 0.2) is 0 Å². The van der Waals surface area contributed by atoms with Gasteiger partial charge >= 0.3 is 6.18 Å². The summed E-state index contributed by atoms with van der Waals surface area (Å²) < 4.78 is 37.3. The molecule has 0 atom stereocenters. The van der Waals surface area contributed by atoms with Crippen molar-refractivity contribution in [2.75, 3.05) is 6.54 Å². The average molecular weight is 337 g/mol. The van der Waals surface area contributed by atoms with Crippen LogP contribution in [0.1, 0.15) is 23.1 Å². The highest BCUT2D eigenvalue weighted by Crippen LogP contribution is 2.28. The molecule has 4 nitrogen and oxygen atoms in total. The van der Waals surface area contributed by atoms with E-state index in [9.17, 15) is 18.0 Å². The molecule has 128 valence electrons. The van der Waals surface area contributed by atoms with Crippen LogP contribution in [0.15, 0.2) is 48.8 Å². The lowest BCUT2D eigenvalue weighted by Crippen LogP contribution is -2.27. The molecule has 0 saturated carbocycles. The Bertz CT molecular complexity index is 642. The van der Waals surface area contributed by atoms with Gasteiger partial charge in [0.25, 0.3) is 0 Å². The number of hydrogen-bond acceptors (Lipinski definition) is 3. The van der Waals surface area contributed by atoms with E-state index in [2.05, 4.69) is 15.6 Å². The molecule has 0 bridgehead atoms. The molecule has 24 heavy (non-hydrogen) atoms. The molecule has 0 radical (unpaired) electrons. The number of rotatable bonds is 7. The first-order chi connectivity index (χ1) is 11.4. The molecule has 0 unspecified atom stereocenters. The van der Waals surface area contributed by atoms with E-state index in [-0.39, 0.29) is 5.91 Å². The first kappa shape index (κ1) is 17.9. The normalized spacial score (nSPS) is 11.3. The van der Waals surface area contributed by atoms with Crippen molar-refractivity contribution >= 4 is 5.91 Å². The molecular weight excluding hydrogens is 319 g/mol. The van der Waals surface area contributed by atoms with Gasteiger partial charge in [0.05, 0.1) is 5.56 Å². The summed E-state index contributed by atoms with van der Waals surface area (Å²) in [6, 6.07) is 8.63. The average Bonchev–Trinajstić information content (AvgIpc) is 2.57. The zero-order valence-corrected chi connectivity index (χ0v) is 12.9. The number of amides is 1. The highest BCUT2D eigenvalue weighted by Gasteiger charge is 2.29. The largest absolute Gasteiger partial charge is 0.416 e. The molecule has 1 amide bonds. The smallest absolute Gasteiger partial charge is 0.352 e. The lowest BCUT2D eigenvalue weighted by atomic mass is 10.1. The molecule has 0 aliphatic carbocycles. The minimum Gasteiger partial charge on any atom is -0.352 e. The maximum atomic E-state index is 12.4. The van der Waals surface area contributed by atoms with Crippen molar-refractivity contribution in [3.8, 4) is 0 Å². The third-order valence-electron chi connectivity index (χ3n) is 3.35. The van der Waals surface area contributed by atoms with E-state index in [0.29, 0.717) is 26.1 Å². The van der Waals surface area contributed by atoms with E-state index in [4.69, 9.17) is 0 Å². The van der Waals surface area contributed by atoms with Crippen LogP contribution < -0.4 is 10.6 Å². The number of nitrogens with one attached hydrogen (secondary N) is 2. The summed E-state index contributed by atoms with van der Waals surface area (Å²) in [6.45, 7) is 1.28. The molecule has 2 rings (SSSR count). The van der Waals surface area contributed by atoms with E-state index < -0.39 is 11.7 Å². The maximum absolute atomic E-state index is 12.4. The fraction of sp³-hybridized carbons (Fsp3) is 0.294. The quantitative estimate of drug-likeness (QED) is 0.764. The second-order valence-electron chi connectivity index (χ2n) is 5.26. The van der Waals surface area contributed by atoms with E-state index in [1.807, 2.05) is 6.07 Å². The molecular formula is C17H18F3N3O. The Hall–Kier alpha value is -2.41. The SMILES string of the molecule is O=C(CCNCc1ccc(C(F)(F)F)cc1)NCc1cccnc1. The van der Waals surface area contributed by atoms with Crippen LogP contribution in [-0.4, -0.2) is 17.4 Å². The van der Waals surface area contributed by atoms with Crippen molar-refractivity contribution in [3.05, 3.63) is 65.5 Å². The minimum atomic E-state index is -4.32. The molecule has 0 aliphatic heterocycles. The van der Waals surface area contributed by atoms with Gasteiger partial charge in [-0.05, 0) is 29.3 Å². The van der Waals surface area contributed by atoms with Gasteiger partial charge in [-0.2, -0.15) is 13.2 Å². The fourth-order valence-corrected chi connectivity index (χ4v) is 2.04. The summed E-state index contributed by atoms with van der Waals surface area (Å²) in [5.74, 6) is -0.0984. The molecule has 2 aromatic rings. The number of hydrogen-bond donors (Lipinski definition) is 2. The monoisotopic (exact) mass is 337 g/mol. The van der Waals surface area contributed by atoms with Gasteiger partial charge in [-0.3, -0.25) is 9.78 Å². The van der Waals surface area contributed by atoms with Crippen LogP contribution >= 0.6 is 0 Å². The molecule has 0 aliphatic rings. The lowest BCUT2D eigenvalue weighted by molar-refractivity contribution is -0.137. The summed E-state index contributed by atoms with van der Waals surface area (Å²) >= 11 is 0. The molecule has 7 heteroatoms. The molecule has 1 aromatic carbocycles. The van der Waals surface area contributed by atoms with Gasteiger partial charge in [0.2, 0.25) is 5.91 Å². The molecule has 0 saturated heterocycles. The Kier molecular flexibility index (Phi) is 6.31. The number of aromatic nitrogens is 1. The number of alkyl halides is 3. The molecule has 1 aromatic heterocycles. The van der Waals surface area contributed by atoms with Crippen molar-refractivity contribution in [3.63, 3.8) is 0 Å². The first-order valence-electron chi connectivity index (χ1n) is 7.47. The minimum absolute atomic E-state index is 0.0984. The zero-order valence-electron chi connectivity index (χ0n) is 12.9. The van der Waals surface area contributed by atoms with Gasteiger partial charge < -0.3 is 10.6 Å². The van der Waals surface area contributed by atoms with Crippen LogP contribution in [0.2, 0.25) is 0 Å². The van der Waals surface area contributed by atoms with Crippen molar-refractivity contribution in [2.45, 2.75) is 25.7 Å². The zero-order chi connectivity index (χ0) is 17.4. The molecule has 1 heterocycles. The van der Waals surface area contributed by atoms with E-state index in [1.54, 1.807) is 18.5 Å². The highest BCUT2D eigenvalue weighted by atomic mass is 19.4. The van der Waals surface area contributed by atoms with Crippen molar-refractivity contribution in [2.24, 2.45) is 0 Å². The van der Waals surface area contributed by atoms with Crippen LogP contribution in [0, 0.1) is 0 Å². The van der Waals surface area contributed by atoms with Crippen LogP contribution in [0.3, 0.4) is 0 Å². The second-order valence-corrected chi connectivity index (χ2v) is 5.26. The summed E-state index contributed by atoms with van der Waals surface area (Å²) in [5.41, 5.74) is 0.989. The number of nitrogens with zero attached hydrogens (tertiary/aromatic N) is 1. The maximum Gasteiger partial charge on any atom is 0.416 e. The fourth-order valence-electron chi connectivity index (χ4n) is 2.04. The van der Waals surface area contributed by atoms with Crippen LogP contribution in [-0.2, 0) is 24.1 Å². The molecule has 0 spiro atoms. The van der Waals surface area contributed by atoms with Gasteiger partial charge in [-0.25, -0.2) is 0 Å². The number of benzene rings is 1. The number of pyridine rings is 1. The summed E-state index contributed by atoms with van der Waals surface area (Å²) in [4.78, 5) is 15.6. The van der Waals surface area contributed by atoms with Crippen molar-refractivity contribution in [1.82, 2.24) is 15.6 Å². The van der Waals surface area contributed by atoms with Crippen LogP contribution in [0.25, 0.3) is 0 Å². The molecule has 2 N–H and O–H groups in total. The Morgan fingerprint density at radius 3 is 2.42 bits per heavy atom.